The maximum atomic E-state index is 12.6. The fraction of sp³-hybridized carbons (Fsp3) is 0.267. The van der Waals surface area contributed by atoms with Crippen molar-refractivity contribution in [2.45, 2.75) is 6.04 Å². The van der Waals surface area contributed by atoms with Crippen LogP contribution in [0.4, 0.5) is 0 Å². The largest absolute Gasteiger partial charge is 0.457 e. The lowest BCUT2D eigenvalue weighted by Crippen LogP contribution is -2.43. The Labute approximate surface area is 125 Å². The summed E-state index contributed by atoms with van der Waals surface area (Å²) < 4.78 is 11.2. The Hall–Kier alpha value is -1.59. The smallest absolute Gasteiger partial charge is 0.257 e. The van der Waals surface area contributed by atoms with E-state index in [1.54, 1.807) is 6.07 Å². The van der Waals surface area contributed by atoms with E-state index in [1.165, 1.54) is 6.26 Å². The maximum absolute atomic E-state index is 12.6. The fourth-order valence-corrected chi connectivity index (χ4v) is 2.73. The molecule has 0 saturated carbocycles. The van der Waals surface area contributed by atoms with Crippen molar-refractivity contribution < 1.29 is 13.9 Å². The predicted molar refractivity (Wildman–Crippen MR) is 77.4 cm³/mol. The molecule has 1 amide bonds. The van der Waals surface area contributed by atoms with Gasteiger partial charge in [-0.2, -0.15) is 0 Å². The Kier molecular flexibility index (Phi) is 3.89. The van der Waals surface area contributed by atoms with Gasteiger partial charge < -0.3 is 14.1 Å². The van der Waals surface area contributed by atoms with Gasteiger partial charge in [0, 0.05) is 12.6 Å². The van der Waals surface area contributed by atoms with Crippen molar-refractivity contribution in [2.24, 2.45) is 0 Å². The van der Waals surface area contributed by atoms with Gasteiger partial charge in [0.25, 0.3) is 5.91 Å². The molecule has 1 atom stereocenters. The summed E-state index contributed by atoms with van der Waals surface area (Å²) in [5, 5.41) is 0. The topological polar surface area (TPSA) is 42.7 Å². The second-order valence-corrected chi connectivity index (χ2v) is 5.42. The summed E-state index contributed by atoms with van der Waals surface area (Å²) in [6.07, 6.45) is 1.48. The molecule has 104 valence electrons. The molecule has 3 rings (SSSR count). The minimum Gasteiger partial charge on any atom is -0.457 e. The molecule has 0 radical (unpaired) electrons. The van der Waals surface area contributed by atoms with Crippen LogP contribution in [0, 0.1) is 0 Å². The van der Waals surface area contributed by atoms with Gasteiger partial charge in [-0.05, 0) is 21.5 Å². The van der Waals surface area contributed by atoms with Gasteiger partial charge in [0.1, 0.15) is 6.26 Å². The van der Waals surface area contributed by atoms with Crippen LogP contribution in [0.15, 0.2) is 51.7 Å². The monoisotopic (exact) mass is 335 g/mol. The number of hydrogen-bond acceptors (Lipinski definition) is 3. The van der Waals surface area contributed by atoms with E-state index in [9.17, 15) is 4.79 Å². The van der Waals surface area contributed by atoms with E-state index in [0.717, 1.165) is 5.56 Å². The number of hydrogen-bond donors (Lipinski definition) is 0. The normalized spacial score (nSPS) is 19.1. The lowest BCUT2D eigenvalue weighted by atomic mass is 10.0. The summed E-state index contributed by atoms with van der Waals surface area (Å²) in [4.78, 5) is 14.4. The highest BCUT2D eigenvalue weighted by molar-refractivity contribution is 9.10. The van der Waals surface area contributed by atoms with Crippen molar-refractivity contribution in [3.8, 4) is 0 Å². The maximum Gasteiger partial charge on any atom is 0.257 e. The Morgan fingerprint density at radius 1 is 1.30 bits per heavy atom. The van der Waals surface area contributed by atoms with Crippen molar-refractivity contribution >= 4 is 21.8 Å². The standard InChI is InChI=1S/C15H14BrNO3/c16-14-8-12(9-20-14)15(18)17-6-7-19-10-13(17)11-4-2-1-3-5-11/h1-5,8-9,13H,6-7,10H2. The lowest BCUT2D eigenvalue weighted by Gasteiger charge is -2.35. The molecule has 1 unspecified atom stereocenters. The quantitative estimate of drug-likeness (QED) is 0.845. The Balaban J connectivity index is 1.87. The zero-order chi connectivity index (χ0) is 13.9. The molecule has 2 heterocycles. The molecule has 4 nitrogen and oxygen atoms in total. The van der Waals surface area contributed by atoms with Crippen molar-refractivity contribution in [2.75, 3.05) is 19.8 Å². The molecule has 0 bridgehead atoms. The number of furan rings is 1. The van der Waals surface area contributed by atoms with Gasteiger partial charge in [-0.25, -0.2) is 0 Å². The number of carbonyl (C=O) groups excluding carboxylic acids is 1. The van der Waals surface area contributed by atoms with E-state index in [2.05, 4.69) is 15.9 Å². The average Bonchev–Trinajstić information content (AvgIpc) is 2.94. The summed E-state index contributed by atoms with van der Waals surface area (Å²) in [5.74, 6) is -0.0309. The van der Waals surface area contributed by atoms with E-state index in [-0.39, 0.29) is 11.9 Å². The Morgan fingerprint density at radius 2 is 2.10 bits per heavy atom. The number of amides is 1. The van der Waals surface area contributed by atoms with Crippen molar-refractivity contribution in [1.82, 2.24) is 4.90 Å². The summed E-state index contributed by atoms with van der Waals surface area (Å²) >= 11 is 3.22. The highest BCUT2D eigenvalue weighted by Crippen LogP contribution is 2.26. The van der Waals surface area contributed by atoms with Gasteiger partial charge in [-0.3, -0.25) is 4.79 Å². The van der Waals surface area contributed by atoms with Crippen LogP contribution in [0.3, 0.4) is 0 Å². The first-order valence-electron chi connectivity index (χ1n) is 6.43. The molecule has 1 aromatic heterocycles. The average molecular weight is 336 g/mol. The highest BCUT2D eigenvalue weighted by atomic mass is 79.9. The SMILES string of the molecule is O=C(c1coc(Br)c1)N1CCOCC1c1ccccc1. The van der Waals surface area contributed by atoms with Crippen LogP contribution in [-0.4, -0.2) is 30.6 Å². The van der Waals surface area contributed by atoms with Crippen molar-refractivity contribution in [3.05, 3.63) is 58.5 Å². The Morgan fingerprint density at radius 3 is 2.80 bits per heavy atom. The summed E-state index contributed by atoms with van der Waals surface area (Å²) in [5.41, 5.74) is 1.64. The number of nitrogens with zero attached hydrogens (tertiary/aromatic N) is 1. The van der Waals surface area contributed by atoms with Gasteiger partial charge >= 0.3 is 0 Å². The molecule has 1 saturated heterocycles. The first kappa shape index (κ1) is 13.4. The molecule has 1 fully saturated rings. The highest BCUT2D eigenvalue weighted by Gasteiger charge is 2.29. The van der Waals surface area contributed by atoms with Crippen molar-refractivity contribution in [1.29, 1.82) is 0 Å². The van der Waals surface area contributed by atoms with Crippen LogP contribution in [-0.2, 0) is 4.74 Å². The number of halogens is 1. The number of carbonyl (C=O) groups is 1. The summed E-state index contributed by atoms with van der Waals surface area (Å²) in [6.45, 7) is 1.67. The third-order valence-corrected chi connectivity index (χ3v) is 3.80. The third kappa shape index (κ3) is 2.64. The lowest BCUT2D eigenvalue weighted by molar-refractivity contribution is -0.00273. The minimum atomic E-state index is -0.0499. The van der Waals surface area contributed by atoms with Crippen LogP contribution in [0.2, 0.25) is 0 Å². The number of morpholine rings is 1. The van der Waals surface area contributed by atoms with E-state index < -0.39 is 0 Å². The van der Waals surface area contributed by atoms with Gasteiger partial charge in [0.15, 0.2) is 4.67 Å². The minimum absolute atomic E-state index is 0.0309. The van der Waals surface area contributed by atoms with E-state index in [1.807, 2.05) is 35.2 Å². The molecule has 0 N–H and O–H groups in total. The molecule has 5 heteroatoms. The first-order chi connectivity index (χ1) is 9.75. The first-order valence-corrected chi connectivity index (χ1v) is 7.22. The molecule has 0 spiro atoms. The third-order valence-electron chi connectivity index (χ3n) is 3.39. The molecule has 1 aromatic carbocycles. The van der Waals surface area contributed by atoms with Gasteiger partial charge in [0.2, 0.25) is 0 Å². The van der Waals surface area contributed by atoms with E-state index >= 15 is 0 Å². The molecule has 0 aliphatic carbocycles. The van der Waals surface area contributed by atoms with E-state index in [0.29, 0.717) is 30.0 Å². The van der Waals surface area contributed by atoms with Gasteiger partial charge in [-0.1, -0.05) is 30.3 Å². The van der Waals surface area contributed by atoms with Crippen molar-refractivity contribution in [3.63, 3.8) is 0 Å². The number of rotatable bonds is 2. The summed E-state index contributed by atoms with van der Waals surface area (Å²) in [7, 11) is 0. The van der Waals surface area contributed by atoms with Gasteiger partial charge in [0.05, 0.1) is 24.8 Å². The van der Waals surface area contributed by atoms with Crippen LogP contribution in [0.25, 0.3) is 0 Å². The predicted octanol–water partition coefficient (Wildman–Crippen LogP) is 3.26. The molecular weight excluding hydrogens is 322 g/mol. The zero-order valence-electron chi connectivity index (χ0n) is 10.8. The van der Waals surface area contributed by atoms with Crippen LogP contribution >= 0.6 is 15.9 Å². The number of benzene rings is 1. The number of ether oxygens (including phenoxy) is 1. The van der Waals surface area contributed by atoms with E-state index in [4.69, 9.17) is 9.15 Å². The Bertz CT molecular complexity index is 596. The molecule has 1 aliphatic heterocycles. The fourth-order valence-electron chi connectivity index (χ4n) is 2.39. The molecule has 2 aromatic rings. The van der Waals surface area contributed by atoms with Gasteiger partial charge in [-0.15, -0.1) is 0 Å². The van der Waals surface area contributed by atoms with Crippen LogP contribution in [0.5, 0.6) is 0 Å². The molecule has 20 heavy (non-hydrogen) atoms. The second kappa shape index (κ2) is 5.81. The van der Waals surface area contributed by atoms with Crippen LogP contribution in [0.1, 0.15) is 22.0 Å². The summed E-state index contributed by atoms with van der Waals surface area (Å²) in [6, 6.07) is 11.6. The van der Waals surface area contributed by atoms with Crippen LogP contribution < -0.4 is 0 Å². The second-order valence-electron chi connectivity index (χ2n) is 4.64. The molecular formula is C15H14BrNO3. The molecule has 1 aliphatic rings. The zero-order valence-corrected chi connectivity index (χ0v) is 12.4.